The summed E-state index contributed by atoms with van der Waals surface area (Å²) in [6, 6.07) is 6.38. The molecule has 2 amide bonds. The number of nitrogens with zero attached hydrogens (tertiary/aromatic N) is 4. The number of para-hydroxylation sites is 1. The van der Waals surface area contributed by atoms with E-state index in [0.717, 1.165) is 6.07 Å². The molecule has 1 aliphatic heterocycles. The van der Waals surface area contributed by atoms with E-state index in [1.807, 2.05) is 0 Å². The third-order valence-corrected chi connectivity index (χ3v) is 5.94. The standard InChI is InChI=1S/C25H27F3N6O5/c1-24(2,3)39-23(37)33-10-8-14(9-11-33)17-12-19(35)31-21-16(13-30-34(17)21)22(36)32-20(29)15-6-4-5-7-18(15)38-25(26,27)28/h4-7,12-14H,8-11H2,1-3H3,(H,31,35)(H2,29,32,36). The summed E-state index contributed by atoms with van der Waals surface area (Å²) >= 11 is 0. The zero-order valence-corrected chi connectivity index (χ0v) is 21.4. The van der Waals surface area contributed by atoms with E-state index >= 15 is 0 Å². The van der Waals surface area contributed by atoms with Gasteiger partial charge in [0, 0.05) is 25.1 Å². The zero-order valence-electron chi connectivity index (χ0n) is 21.4. The number of benzene rings is 1. The number of nitrogens with two attached hydrogens (primary N) is 1. The van der Waals surface area contributed by atoms with Crippen LogP contribution in [0, 0.1) is 0 Å². The molecule has 0 radical (unpaired) electrons. The number of hydrogen-bond acceptors (Lipinski definition) is 6. The van der Waals surface area contributed by atoms with Gasteiger partial charge in [-0.15, -0.1) is 13.2 Å². The van der Waals surface area contributed by atoms with Crippen LogP contribution in [0.1, 0.15) is 61.1 Å². The van der Waals surface area contributed by atoms with Gasteiger partial charge in [-0.05, 0) is 45.7 Å². The number of piperidine rings is 1. The monoisotopic (exact) mass is 548 g/mol. The predicted molar refractivity (Wildman–Crippen MR) is 134 cm³/mol. The minimum Gasteiger partial charge on any atom is -0.444 e. The fraction of sp³-hybridized carbons (Fsp3) is 0.400. The molecule has 208 valence electrons. The lowest BCUT2D eigenvalue weighted by atomic mass is 9.93. The van der Waals surface area contributed by atoms with E-state index in [4.69, 9.17) is 10.5 Å². The van der Waals surface area contributed by atoms with Gasteiger partial charge < -0.3 is 25.1 Å². The third-order valence-electron chi connectivity index (χ3n) is 5.94. The normalized spacial score (nSPS) is 15.4. The molecule has 0 atom stereocenters. The molecule has 14 heteroatoms. The largest absolute Gasteiger partial charge is 0.573 e. The van der Waals surface area contributed by atoms with Crippen LogP contribution in [0.15, 0.2) is 46.3 Å². The fourth-order valence-corrected chi connectivity index (χ4v) is 4.27. The van der Waals surface area contributed by atoms with Gasteiger partial charge in [-0.2, -0.15) is 10.1 Å². The molecule has 1 aliphatic rings. The number of aromatic amines is 1. The van der Waals surface area contributed by atoms with E-state index in [1.165, 1.54) is 35.0 Å². The number of ether oxygens (including phenoxy) is 2. The summed E-state index contributed by atoms with van der Waals surface area (Å²) in [6.45, 7) is 6.16. The number of halogens is 3. The SMILES string of the molecule is CC(C)(C)OC(=O)N1CCC(c2cc(=O)[nH]c3c(C(=O)N=C(N)c4ccccc4OC(F)(F)F)cnn23)CC1. The van der Waals surface area contributed by atoms with Gasteiger partial charge in [-0.3, -0.25) is 9.59 Å². The first-order valence-electron chi connectivity index (χ1n) is 12.0. The number of carbonyl (C=O) groups is 2. The summed E-state index contributed by atoms with van der Waals surface area (Å²) in [7, 11) is 0. The maximum absolute atomic E-state index is 13.0. The molecule has 0 bridgehead atoms. The van der Waals surface area contributed by atoms with Gasteiger partial charge in [-0.1, -0.05) is 12.1 Å². The molecule has 1 saturated heterocycles. The first kappa shape index (κ1) is 27.7. The molecule has 1 fully saturated rings. The lowest BCUT2D eigenvalue weighted by molar-refractivity contribution is -0.274. The van der Waals surface area contributed by atoms with Crippen LogP contribution in [0.2, 0.25) is 0 Å². The van der Waals surface area contributed by atoms with E-state index in [0.29, 0.717) is 31.6 Å². The molecule has 0 saturated carbocycles. The first-order chi connectivity index (χ1) is 18.2. The van der Waals surface area contributed by atoms with Crippen LogP contribution in [0.5, 0.6) is 5.75 Å². The van der Waals surface area contributed by atoms with E-state index in [2.05, 4.69) is 19.8 Å². The summed E-state index contributed by atoms with van der Waals surface area (Å²) in [5.41, 5.74) is 5.03. The number of aliphatic imine (C=N–C) groups is 1. The molecule has 4 rings (SSSR count). The Bertz CT molecular complexity index is 1480. The van der Waals surface area contributed by atoms with Crippen molar-refractivity contribution in [3.63, 3.8) is 0 Å². The van der Waals surface area contributed by atoms with E-state index in [1.54, 1.807) is 25.7 Å². The molecule has 0 spiro atoms. The van der Waals surface area contributed by atoms with Crippen molar-refractivity contribution in [2.45, 2.75) is 51.5 Å². The highest BCUT2D eigenvalue weighted by atomic mass is 19.4. The van der Waals surface area contributed by atoms with Gasteiger partial charge in [0.2, 0.25) is 0 Å². The molecule has 0 aliphatic carbocycles. The Kier molecular flexibility index (Phi) is 7.39. The fourth-order valence-electron chi connectivity index (χ4n) is 4.27. The smallest absolute Gasteiger partial charge is 0.444 e. The number of alkyl halides is 3. The van der Waals surface area contributed by atoms with Crippen LogP contribution in [0.3, 0.4) is 0 Å². The van der Waals surface area contributed by atoms with Gasteiger partial charge in [0.1, 0.15) is 28.4 Å². The number of H-pyrrole nitrogens is 1. The quantitative estimate of drug-likeness (QED) is 0.375. The Balaban J connectivity index is 1.58. The van der Waals surface area contributed by atoms with Crippen molar-refractivity contribution in [1.29, 1.82) is 0 Å². The number of rotatable bonds is 4. The van der Waals surface area contributed by atoms with Crippen molar-refractivity contribution in [1.82, 2.24) is 19.5 Å². The average molecular weight is 549 g/mol. The topological polar surface area (TPSA) is 144 Å². The highest BCUT2D eigenvalue weighted by molar-refractivity contribution is 6.11. The number of amidine groups is 1. The summed E-state index contributed by atoms with van der Waals surface area (Å²) in [6.07, 6.45) is -3.13. The predicted octanol–water partition coefficient (Wildman–Crippen LogP) is 3.58. The molecule has 3 heterocycles. The molecule has 3 N–H and O–H groups in total. The second-order valence-corrected chi connectivity index (χ2v) is 9.96. The second-order valence-electron chi connectivity index (χ2n) is 9.96. The molecule has 1 aromatic carbocycles. The first-order valence-corrected chi connectivity index (χ1v) is 12.0. The number of amides is 2. The van der Waals surface area contributed by atoms with E-state index in [9.17, 15) is 27.6 Å². The molecule has 2 aromatic heterocycles. The Morgan fingerprint density at radius 1 is 1.13 bits per heavy atom. The Morgan fingerprint density at radius 2 is 1.79 bits per heavy atom. The van der Waals surface area contributed by atoms with Crippen LogP contribution in [0.25, 0.3) is 5.65 Å². The number of fused-ring (bicyclic) bond motifs is 1. The van der Waals surface area contributed by atoms with Gasteiger partial charge in [-0.25, -0.2) is 9.31 Å². The van der Waals surface area contributed by atoms with Crippen LogP contribution in [-0.2, 0) is 4.74 Å². The van der Waals surface area contributed by atoms with Gasteiger partial charge in [0.15, 0.2) is 0 Å². The van der Waals surface area contributed by atoms with Crippen LogP contribution in [-0.4, -0.2) is 62.4 Å². The number of hydrogen-bond donors (Lipinski definition) is 2. The van der Waals surface area contributed by atoms with Crippen LogP contribution < -0.4 is 16.0 Å². The lowest BCUT2D eigenvalue weighted by Crippen LogP contribution is -2.41. The van der Waals surface area contributed by atoms with Crippen LogP contribution in [0.4, 0.5) is 18.0 Å². The summed E-state index contributed by atoms with van der Waals surface area (Å²) < 4.78 is 49.1. The summed E-state index contributed by atoms with van der Waals surface area (Å²) in [5, 5.41) is 4.24. The highest BCUT2D eigenvalue weighted by Crippen LogP contribution is 2.29. The van der Waals surface area contributed by atoms with E-state index in [-0.39, 0.29) is 22.7 Å². The van der Waals surface area contributed by atoms with Gasteiger partial charge >= 0.3 is 12.5 Å². The number of carbonyl (C=O) groups excluding carboxylic acids is 2. The Hall–Kier alpha value is -4.36. The van der Waals surface area contributed by atoms with Crippen LogP contribution >= 0.6 is 0 Å². The highest BCUT2D eigenvalue weighted by Gasteiger charge is 2.33. The van der Waals surface area contributed by atoms with Crippen molar-refractivity contribution in [3.05, 3.63) is 63.7 Å². The Morgan fingerprint density at radius 3 is 2.44 bits per heavy atom. The zero-order chi connectivity index (χ0) is 28.5. The van der Waals surface area contributed by atoms with Crippen molar-refractivity contribution in [2.24, 2.45) is 10.7 Å². The van der Waals surface area contributed by atoms with Crippen molar-refractivity contribution >= 4 is 23.5 Å². The van der Waals surface area contributed by atoms with Gasteiger partial charge in [0.25, 0.3) is 11.5 Å². The van der Waals surface area contributed by atoms with Crippen molar-refractivity contribution < 1.29 is 32.2 Å². The molecule has 39 heavy (non-hydrogen) atoms. The molecule has 3 aromatic rings. The van der Waals surface area contributed by atoms with Crippen molar-refractivity contribution in [3.8, 4) is 5.75 Å². The van der Waals surface area contributed by atoms with Crippen molar-refractivity contribution in [2.75, 3.05) is 13.1 Å². The minimum atomic E-state index is -4.97. The number of aromatic nitrogens is 3. The molecule has 11 nitrogen and oxygen atoms in total. The second kappa shape index (κ2) is 10.4. The molecule has 0 unspecified atom stereocenters. The minimum absolute atomic E-state index is 0.0634. The number of nitrogens with one attached hydrogen (secondary N) is 1. The maximum atomic E-state index is 13.0. The summed E-state index contributed by atoms with van der Waals surface area (Å²) in [5.74, 6) is -2.19. The summed E-state index contributed by atoms with van der Waals surface area (Å²) in [4.78, 5) is 45.7. The molecular formula is C25H27F3N6O5. The third kappa shape index (κ3) is 6.56. The lowest BCUT2D eigenvalue weighted by Gasteiger charge is -2.33. The number of likely N-dealkylation sites (tertiary alicyclic amines) is 1. The van der Waals surface area contributed by atoms with E-state index < -0.39 is 41.1 Å². The molecular weight excluding hydrogens is 521 g/mol. The Labute approximate surface area is 220 Å². The average Bonchev–Trinajstić information content (AvgIpc) is 3.25. The van der Waals surface area contributed by atoms with Gasteiger partial charge in [0.05, 0.1) is 17.5 Å². The maximum Gasteiger partial charge on any atom is 0.573 e.